The predicted octanol–water partition coefficient (Wildman–Crippen LogP) is 3.75. The summed E-state index contributed by atoms with van der Waals surface area (Å²) in [6, 6.07) is 25.2. The van der Waals surface area contributed by atoms with Crippen LogP contribution in [-0.4, -0.2) is 43.4 Å². The summed E-state index contributed by atoms with van der Waals surface area (Å²) >= 11 is 0. The second kappa shape index (κ2) is 7.95. The molecule has 1 heterocycles. The highest BCUT2D eigenvalue weighted by Crippen LogP contribution is 2.44. The van der Waals surface area contributed by atoms with Gasteiger partial charge in [0.05, 0.1) is 6.04 Å². The Kier molecular flexibility index (Phi) is 5.49. The van der Waals surface area contributed by atoms with Gasteiger partial charge in [-0.15, -0.1) is 0 Å². The van der Waals surface area contributed by atoms with Gasteiger partial charge < -0.3 is 5.11 Å². The lowest BCUT2D eigenvalue weighted by Gasteiger charge is -2.53. The van der Waals surface area contributed by atoms with Gasteiger partial charge in [0.15, 0.2) is 9.84 Å². The van der Waals surface area contributed by atoms with Crippen LogP contribution in [0.3, 0.4) is 0 Å². The van der Waals surface area contributed by atoms with E-state index in [9.17, 15) is 17.9 Å². The second-order valence-corrected chi connectivity index (χ2v) is 10.1. The molecule has 3 aromatic rings. The Morgan fingerprint density at radius 1 is 0.867 bits per heavy atom. The van der Waals surface area contributed by atoms with E-state index in [-0.39, 0.29) is 24.7 Å². The largest absolute Gasteiger partial charge is 0.385 e. The Hall–Kier alpha value is -2.54. The van der Waals surface area contributed by atoms with Crippen LogP contribution >= 0.6 is 0 Å². The lowest BCUT2D eigenvalue weighted by molar-refractivity contribution is -0.112. The first-order valence-corrected chi connectivity index (χ1v) is 11.7. The van der Waals surface area contributed by atoms with Crippen LogP contribution in [0.2, 0.25) is 0 Å². The molecule has 3 aromatic carbocycles. The minimum Gasteiger partial charge on any atom is -0.385 e. The SMILES string of the molecule is CS(=O)(=O)C(c1cccc(F)c1)C1(O)CN(C(c2ccccc2)c2ccccc2)C1. The lowest BCUT2D eigenvalue weighted by Crippen LogP contribution is -2.66. The Balaban J connectivity index is 1.67. The number of hydrogen-bond acceptors (Lipinski definition) is 4. The van der Waals surface area contributed by atoms with Crippen molar-refractivity contribution in [1.29, 1.82) is 0 Å². The zero-order valence-corrected chi connectivity index (χ0v) is 17.5. The van der Waals surface area contributed by atoms with Crippen LogP contribution in [-0.2, 0) is 9.84 Å². The molecule has 0 bridgehead atoms. The zero-order chi connectivity index (χ0) is 21.4. The number of likely N-dealkylation sites (tertiary alicyclic amines) is 1. The van der Waals surface area contributed by atoms with Crippen molar-refractivity contribution in [2.45, 2.75) is 16.9 Å². The van der Waals surface area contributed by atoms with E-state index in [4.69, 9.17) is 0 Å². The van der Waals surface area contributed by atoms with Crippen molar-refractivity contribution in [3.8, 4) is 0 Å². The van der Waals surface area contributed by atoms with Crippen LogP contribution in [0.25, 0.3) is 0 Å². The molecule has 0 radical (unpaired) electrons. The standard InChI is InChI=1S/C24H24FNO3S/c1-30(28,29)23(20-13-8-14-21(25)15-20)24(27)16-26(17-24)22(18-9-4-2-5-10-18)19-11-6-3-7-12-19/h2-15,22-23,27H,16-17H2,1H3. The molecule has 1 atom stereocenters. The fourth-order valence-electron chi connectivity index (χ4n) is 4.52. The summed E-state index contributed by atoms with van der Waals surface area (Å²) in [5.41, 5.74) is 0.902. The number of sulfone groups is 1. The average Bonchev–Trinajstić information content (AvgIpc) is 2.68. The third-order valence-electron chi connectivity index (χ3n) is 5.62. The van der Waals surface area contributed by atoms with Crippen molar-refractivity contribution in [2.24, 2.45) is 0 Å². The molecule has 0 aliphatic carbocycles. The Bertz CT molecular complexity index is 1070. The topological polar surface area (TPSA) is 57.6 Å². The second-order valence-electron chi connectivity index (χ2n) is 8.00. The van der Waals surface area contributed by atoms with Crippen LogP contribution in [0.15, 0.2) is 84.9 Å². The van der Waals surface area contributed by atoms with E-state index in [1.165, 1.54) is 18.2 Å². The molecule has 30 heavy (non-hydrogen) atoms. The molecule has 1 aliphatic heterocycles. The van der Waals surface area contributed by atoms with Crippen molar-refractivity contribution in [3.05, 3.63) is 107 Å². The molecule has 0 spiro atoms. The number of β-amino-alcohol motifs (C(OH)–C–C–N with tert-alkyl or cyclic N) is 1. The van der Waals surface area contributed by atoms with Crippen molar-refractivity contribution >= 4 is 9.84 Å². The number of nitrogens with zero attached hydrogens (tertiary/aromatic N) is 1. The van der Waals surface area contributed by atoms with Gasteiger partial charge in [0.1, 0.15) is 16.7 Å². The Morgan fingerprint density at radius 2 is 1.37 bits per heavy atom. The van der Waals surface area contributed by atoms with Gasteiger partial charge in [0, 0.05) is 19.3 Å². The maximum Gasteiger partial charge on any atom is 0.157 e. The summed E-state index contributed by atoms with van der Waals surface area (Å²) in [6.07, 6.45) is 1.09. The summed E-state index contributed by atoms with van der Waals surface area (Å²) < 4.78 is 39.0. The molecule has 156 valence electrons. The summed E-state index contributed by atoms with van der Waals surface area (Å²) in [5.74, 6) is -0.521. The van der Waals surface area contributed by atoms with Crippen molar-refractivity contribution < 1.29 is 17.9 Å². The summed E-state index contributed by atoms with van der Waals surface area (Å²) in [6.45, 7) is 0.325. The fourth-order valence-corrected chi connectivity index (χ4v) is 6.10. The van der Waals surface area contributed by atoms with Gasteiger partial charge in [0.25, 0.3) is 0 Å². The van der Waals surface area contributed by atoms with E-state index >= 15 is 0 Å². The summed E-state index contributed by atoms with van der Waals surface area (Å²) in [5, 5.41) is 10.1. The quantitative estimate of drug-likeness (QED) is 0.654. The van der Waals surface area contributed by atoms with Crippen LogP contribution in [0.1, 0.15) is 28.0 Å². The number of hydrogen-bond donors (Lipinski definition) is 1. The number of rotatable bonds is 6. The zero-order valence-electron chi connectivity index (χ0n) is 16.6. The van der Waals surface area contributed by atoms with E-state index in [1.54, 1.807) is 6.07 Å². The molecule has 0 amide bonds. The van der Waals surface area contributed by atoms with Gasteiger partial charge in [-0.2, -0.15) is 0 Å². The molecule has 4 nitrogen and oxygen atoms in total. The minimum atomic E-state index is -3.67. The molecular weight excluding hydrogens is 401 g/mol. The summed E-state index contributed by atoms with van der Waals surface area (Å²) in [4.78, 5) is 2.06. The first kappa shape index (κ1) is 20.7. The third kappa shape index (κ3) is 4.03. The molecule has 4 rings (SSSR count). The fraction of sp³-hybridized carbons (Fsp3) is 0.250. The number of halogens is 1. The number of benzene rings is 3. The lowest BCUT2D eigenvalue weighted by atomic mass is 9.83. The van der Waals surface area contributed by atoms with Gasteiger partial charge in [-0.05, 0) is 28.8 Å². The van der Waals surface area contributed by atoms with Gasteiger partial charge in [0.2, 0.25) is 0 Å². The highest BCUT2D eigenvalue weighted by molar-refractivity contribution is 7.91. The molecular formula is C24H24FNO3S. The van der Waals surface area contributed by atoms with E-state index in [1.807, 2.05) is 60.7 Å². The first-order valence-electron chi connectivity index (χ1n) is 9.79. The molecule has 1 saturated heterocycles. The van der Waals surface area contributed by atoms with Crippen LogP contribution in [0, 0.1) is 5.82 Å². The van der Waals surface area contributed by atoms with E-state index in [0.29, 0.717) is 0 Å². The van der Waals surface area contributed by atoms with Crippen molar-refractivity contribution in [1.82, 2.24) is 4.90 Å². The van der Waals surface area contributed by atoms with Gasteiger partial charge in [-0.25, -0.2) is 12.8 Å². The van der Waals surface area contributed by atoms with Crippen molar-refractivity contribution in [2.75, 3.05) is 19.3 Å². The maximum absolute atomic E-state index is 13.8. The van der Waals surface area contributed by atoms with E-state index < -0.39 is 26.5 Å². The molecule has 1 aliphatic rings. The van der Waals surface area contributed by atoms with Crippen LogP contribution < -0.4 is 0 Å². The van der Waals surface area contributed by atoms with E-state index in [2.05, 4.69) is 4.90 Å². The van der Waals surface area contributed by atoms with Gasteiger partial charge in [-0.1, -0.05) is 72.8 Å². The Morgan fingerprint density at radius 3 is 1.83 bits per heavy atom. The average molecular weight is 426 g/mol. The third-order valence-corrected chi connectivity index (χ3v) is 7.18. The molecule has 1 unspecified atom stereocenters. The molecule has 0 aromatic heterocycles. The highest BCUT2D eigenvalue weighted by atomic mass is 32.2. The predicted molar refractivity (Wildman–Crippen MR) is 115 cm³/mol. The molecule has 1 N–H and O–H groups in total. The molecule has 6 heteroatoms. The normalized spacial score (nSPS) is 17.5. The van der Waals surface area contributed by atoms with Crippen molar-refractivity contribution in [3.63, 3.8) is 0 Å². The molecule has 0 saturated carbocycles. The highest BCUT2D eigenvalue weighted by Gasteiger charge is 2.54. The van der Waals surface area contributed by atoms with Gasteiger partial charge >= 0.3 is 0 Å². The maximum atomic E-state index is 13.8. The minimum absolute atomic E-state index is 0.111. The van der Waals surface area contributed by atoms with Crippen LogP contribution in [0.4, 0.5) is 4.39 Å². The monoisotopic (exact) mass is 425 g/mol. The molecule has 1 fully saturated rings. The smallest absolute Gasteiger partial charge is 0.157 e. The Labute approximate surface area is 176 Å². The van der Waals surface area contributed by atoms with E-state index in [0.717, 1.165) is 17.4 Å². The van der Waals surface area contributed by atoms with Crippen LogP contribution in [0.5, 0.6) is 0 Å². The number of aliphatic hydroxyl groups is 1. The van der Waals surface area contributed by atoms with Gasteiger partial charge in [-0.3, -0.25) is 4.90 Å². The summed E-state index contributed by atoms with van der Waals surface area (Å²) in [7, 11) is -3.67. The first-order chi connectivity index (χ1) is 14.3.